The van der Waals surface area contributed by atoms with Gasteiger partial charge in [-0.25, -0.2) is 0 Å². The molecule has 0 unspecified atom stereocenters. The predicted molar refractivity (Wildman–Crippen MR) is 88.0 cm³/mol. The van der Waals surface area contributed by atoms with E-state index < -0.39 is 0 Å². The molecule has 1 aromatic carbocycles. The maximum absolute atomic E-state index is 11.6. The Morgan fingerprint density at radius 2 is 2.18 bits per heavy atom. The molecular formula is C19H27NO2. The number of hydrogen-bond donors (Lipinski definition) is 1. The van der Waals surface area contributed by atoms with E-state index in [0.717, 1.165) is 12.8 Å². The summed E-state index contributed by atoms with van der Waals surface area (Å²) < 4.78 is 5.42. The zero-order valence-electron chi connectivity index (χ0n) is 13.7. The zero-order chi connectivity index (χ0) is 15.7. The molecule has 0 saturated heterocycles. The molecule has 2 bridgehead atoms. The summed E-state index contributed by atoms with van der Waals surface area (Å²) >= 11 is 0. The number of carbonyl (C=O) groups excluding carboxylic acids is 1. The van der Waals surface area contributed by atoms with Gasteiger partial charge in [0.2, 0.25) is 0 Å². The van der Waals surface area contributed by atoms with Gasteiger partial charge in [0.15, 0.2) is 0 Å². The van der Waals surface area contributed by atoms with Crippen LogP contribution in [-0.2, 0) is 16.6 Å². The van der Waals surface area contributed by atoms with Crippen molar-refractivity contribution in [3.8, 4) is 5.75 Å². The van der Waals surface area contributed by atoms with Crippen molar-refractivity contribution in [3.63, 3.8) is 0 Å². The van der Waals surface area contributed by atoms with E-state index in [1.165, 1.54) is 36.8 Å². The Kier molecular flexibility index (Phi) is 4.26. The van der Waals surface area contributed by atoms with Crippen molar-refractivity contribution < 1.29 is 9.53 Å². The highest BCUT2D eigenvalue weighted by Gasteiger charge is 2.43. The molecule has 1 aromatic rings. The number of fused-ring (bicyclic) bond motifs is 4. The van der Waals surface area contributed by atoms with Gasteiger partial charge in [-0.05, 0) is 48.4 Å². The average molecular weight is 301 g/mol. The molecule has 3 heteroatoms. The number of ether oxygens (including phenoxy) is 1. The van der Waals surface area contributed by atoms with Crippen molar-refractivity contribution in [2.75, 3.05) is 0 Å². The lowest BCUT2D eigenvalue weighted by atomic mass is 9.60. The highest BCUT2D eigenvalue weighted by molar-refractivity contribution is 5.72. The summed E-state index contributed by atoms with van der Waals surface area (Å²) in [5.41, 5.74) is 9.38. The summed E-state index contributed by atoms with van der Waals surface area (Å²) in [7, 11) is 0. The molecule has 0 heterocycles. The fourth-order valence-electron chi connectivity index (χ4n) is 4.30. The van der Waals surface area contributed by atoms with Crippen LogP contribution < -0.4 is 10.5 Å². The smallest absolute Gasteiger partial charge is 0.310 e. The van der Waals surface area contributed by atoms with Crippen molar-refractivity contribution in [2.45, 2.75) is 70.3 Å². The van der Waals surface area contributed by atoms with Crippen LogP contribution in [0.15, 0.2) is 18.2 Å². The van der Waals surface area contributed by atoms with Gasteiger partial charge < -0.3 is 10.5 Å². The van der Waals surface area contributed by atoms with Gasteiger partial charge in [-0.15, -0.1) is 0 Å². The highest BCUT2D eigenvalue weighted by Crippen LogP contribution is 2.46. The Hall–Kier alpha value is -1.35. The van der Waals surface area contributed by atoms with Crippen molar-refractivity contribution in [1.29, 1.82) is 0 Å². The first kappa shape index (κ1) is 15.5. The Morgan fingerprint density at radius 1 is 1.36 bits per heavy atom. The molecule has 2 aliphatic rings. The van der Waals surface area contributed by atoms with Crippen LogP contribution in [0.2, 0.25) is 0 Å². The topological polar surface area (TPSA) is 52.3 Å². The molecule has 0 amide bonds. The molecule has 2 N–H and O–H groups in total. The number of hydrogen-bond acceptors (Lipinski definition) is 3. The van der Waals surface area contributed by atoms with Crippen LogP contribution >= 0.6 is 0 Å². The SMILES string of the molecule is CCC(=O)Oc1ccc2c(c1)[C@@]1(C)CCCCC[C@@H](C2)[C@@H]1N. The maximum atomic E-state index is 11.6. The van der Waals surface area contributed by atoms with Crippen molar-refractivity contribution in [1.82, 2.24) is 0 Å². The monoisotopic (exact) mass is 301 g/mol. The fourth-order valence-corrected chi connectivity index (χ4v) is 4.30. The van der Waals surface area contributed by atoms with Gasteiger partial charge in [0.25, 0.3) is 0 Å². The van der Waals surface area contributed by atoms with Crippen LogP contribution in [0.1, 0.15) is 63.5 Å². The Morgan fingerprint density at radius 3 is 2.95 bits per heavy atom. The van der Waals surface area contributed by atoms with Crippen LogP contribution in [0.4, 0.5) is 0 Å². The van der Waals surface area contributed by atoms with E-state index in [1.807, 2.05) is 13.0 Å². The third-order valence-electron chi connectivity index (χ3n) is 5.71. The van der Waals surface area contributed by atoms with E-state index in [1.54, 1.807) is 0 Å². The van der Waals surface area contributed by atoms with Crippen molar-refractivity contribution in [3.05, 3.63) is 29.3 Å². The second-order valence-corrected chi connectivity index (χ2v) is 7.15. The molecular weight excluding hydrogens is 274 g/mol. The predicted octanol–water partition coefficient (Wildman–Crippen LogP) is 3.72. The Labute approximate surface area is 133 Å². The van der Waals surface area contributed by atoms with Gasteiger partial charge in [0, 0.05) is 17.9 Å². The quantitative estimate of drug-likeness (QED) is 0.669. The third kappa shape index (κ3) is 2.67. The number of nitrogens with two attached hydrogens (primary N) is 1. The van der Waals surface area contributed by atoms with E-state index in [0.29, 0.717) is 18.1 Å². The molecule has 1 saturated carbocycles. The van der Waals surface area contributed by atoms with Crippen LogP contribution in [0.5, 0.6) is 5.75 Å². The highest BCUT2D eigenvalue weighted by atomic mass is 16.5. The Balaban J connectivity index is 1.99. The molecule has 2 aliphatic carbocycles. The third-order valence-corrected chi connectivity index (χ3v) is 5.71. The second-order valence-electron chi connectivity index (χ2n) is 7.15. The molecule has 0 spiro atoms. The van der Waals surface area contributed by atoms with Crippen molar-refractivity contribution >= 4 is 5.97 Å². The summed E-state index contributed by atoms with van der Waals surface area (Å²) in [6, 6.07) is 6.36. The second kappa shape index (κ2) is 6.04. The molecule has 3 atom stereocenters. The fraction of sp³-hybridized carbons (Fsp3) is 0.632. The van der Waals surface area contributed by atoms with E-state index >= 15 is 0 Å². The molecule has 0 radical (unpaired) electrons. The largest absolute Gasteiger partial charge is 0.427 e. The summed E-state index contributed by atoms with van der Waals surface area (Å²) in [4.78, 5) is 11.6. The van der Waals surface area contributed by atoms with Crippen LogP contribution in [0.25, 0.3) is 0 Å². The lowest BCUT2D eigenvalue weighted by Gasteiger charge is -2.47. The van der Waals surface area contributed by atoms with E-state index in [4.69, 9.17) is 10.5 Å². The first-order chi connectivity index (χ1) is 10.5. The molecule has 120 valence electrons. The minimum atomic E-state index is -0.180. The van der Waals surface area contributed by atoms with Crippen molar-refractivity contribution in [2.24, 2.45) is 11.7 Å². The molecule has 1 fully saturated rings. The van der Waals surface area contributed by atoms with E-state index in [2.05, 4.69) is 19.1 Å². The van der Waals surface area contributed by atoms with E-state index in [9.17, 15) is 4.79 Å². The summed E-state index contributed by atoms with van der Waals surface area (Å²) in [5.74, 6) is 1.07. The number of rotatable bonds is 2. The van der Waals surface area contributed by atoms with Gasteiger partial charge in [0.05, 0.1) is 0 Å². The van der Waals surface area contributed by atoms with Gasteiger partial charge >= 0.3 is 5.97 Å². The van der Waals surface area contributed by atoms with Crippen LogP contribution in [-0.4, -0.2) is 12.0 Å². The minimum absolute atomic E-state index is 0.00724. The van der Waals surface area contributed by atoms with Gasteiger partial charge in [-0.3, -0.25) is 4.79 Å². The van der Waals surface area contributed by atoms with Gasteiger partial charge in [-0.1, -0.05) is 39.2 Å². The molecule has 22 heavy (non-hydrogen) atoms. The molecule has 0 aliphatic heterocycles. The van der Waals surface area contributed by atoms with Crippen LogP contribution in [0, 0.1) is 5.92 Å². The molecule has 0 aromatic heterocycles. The summed E-state index contributed by atoms with van der Waals surface area (Å²) in [6.45, 7) is 4.12. The van der Waals surface area contributed by atoms with E-state index in [-0.39, 0.29) is 17.4 Å². The summed E-state index contributed by atoms with van der Waals surface area (Å²) in [6.07, 6.45) is 7.67. The molecule has 3 rings (SSSR count). The molecule has 3 nitrogen and oxygen atoms in total. The summed E-state index contributed by atoms with van der Waals surface area (Å²) in [5, 5.41) is 0. The number of esters is 1. The average Bonchev–Trinajstić information content (AvgIpc) is 2.52. The zero-order valence-corrected chi connectivity index (χ0v) is 13.7. The van der Waals surface area contributed by atoms with Gasteiger partial charge in [0.1, 0.15) is 5.75 Å². The maximum Gasteiger partial charge on any atom is 0.310 e. The van der Waals surface area contributed by atoms with Gasteiger partial charge in [-0.2, -0.15) is 0 Å². The number of carbonyl (C=O) groups is 1. The Bertz CT molecular complexity index is 569. The minimum Gasteiger partial charge on any atom is -0.427 e. The number of benzene rings is 1. The first-order valence-electron chi connectivity index (χ1n) is 8.64. The standard InChI is InChI=1S/C19H27NO2/c1-3-17(21)22-15-9-8-13-11-14-7-5-4-6-10-19(2,18(14)20)16(13)12-15/h8-9,12,14,18H,3-7,10-11,20H2,1-2H3/t14-,18-,19+/m0/s1. The lowest BCUT2D eigenvalue weighted by Crippen LogP contribution is -2.52. The lowest BCUT2D eigenvalue weighted by molar-refractivity contribution is -0.134. The normalized spacial score (nSPS) is 30.9. The van der Waals surface area contributed by atoms with Crippen LogP contribution in [0.3, 0.4) is 0 Å². The first-order valence-corrected chi connectivity index (χ1v) is 8.64.